The number of hydrogen-bond acceptors (Lipinski definition) is 6. The highest BCUT2D eigenvalue weighted by molar-refractivity contribution is 7.13. The molecule has 1 saturated heterocycles. The molecule has 0 N–H and O–H groups in total. The summed E-state index contributed by atoms with van der Waals surface area (Å²) in [6.07, 6.45) is 3.25. The van der Waals surface area contributed by atoms with E-state index in [-0.39, 0.29) is 11.9 Å². The number of esters is 1. The van der Waals surface area contributed by atoms with E-state index in [0.717, 1.165) is 42.3 Å². The van der Waals surface area contributed by atoms with Gasteiger partial charge in [0, 0.05) is 19.2 Å². The lowest BCUT2D eigenvalue weighted by Gasteiger charge is -2.31. The molecule has 0 radical (unpaired) electrons. The first-order valence-electron chi connectivity index (χ1n) is 7.55. The van der Waals surface area contributed by atoms with Crippen molar-refractivity contribution >= 4 is 23.1 Å². The second kappa shape index (κ2) is 6.87. The first-order valence-corrected chi connectivity index (χ1v) is 8.43. The van der Waals surface area contributed by atoms with E-state index in [1.807, 2.05) is 24.4 Å². The van der Waals surface area contributed by atoms with Gasteiger partial charge in [-0.25, -0.2) is 9.97 Å². The number of aromatic nitrogens is 2. The number of carbonyl (C=O) groups is 1. The first-order chi connectivity index (χ1) is 10.8. The lowest BCUT2D eigenvalue weighted by Crippen LogP contribution is -2.37. The first kappa shape index (κ1) is 15.0. The second-order valence-corrected chi connectivity index (χ2v) is 6.20. The van der Waals surface area contributed by atoms with E-state index in [0.29, 0.717) is 6.61 Å². The summed E-state index contributed by atoms with van der Waals surface area (Å²) >= 11 is 1.67. The number of ether oxygens (including phenoxy) is 1. The third-order valence-corrected chi connectivity index (χ3v) is 4.76. The minimum atomic E-state index is -0.0656. The minimum Gasteiger partial charge on any atom is -0.466 e. The molecule has 0 spiro atoms. The Morgan fingerprint density at radius 2 is 2.23 bits per heavy atom. The van der Waals surface area contributed by atoms with Crippen LogP contribution in [0.5, 0.6) is 0 Å². The fourth-order valence-corrected chi connectivity index (χ4v) is 3.38. The van der Waals surface area contributed by atoms with E-state index in [2.05, 4.69) is 20.9 Å². The topological polar surface area (TPSA) is 55.3 Å². The van der Waals surface area contributed by atoms with E-state index in [1.165, 1.54) is 0 Å². The van der Waals surface area contributed by atoms with Crippen LogP contribution in [0.15, 0.2) is 29.9 Å². The lowest BCUT2D eigenvalue weighted by molar-refractivity contribution is -0.148. The summed E-state index contributed by atoms with van der Waals surface area (Å²) in [5.74, 6) is 0.889. The zero-order valence-electron chi connectivity index (χ0n) is 12.6. The molecule has 6 heteroatoms. The van der Waals surface area contributed by atoms with Gasteiger partial charge in [0.1, 0.15) is 12.1 Å². The quantitative estimate of drug-likeness (QED) is 0.811. The molecule has 0 bridgehead atoms. The Bertz CT molecular complexity index is 622. The number of thiophene rings is 1. The van der Waals surface area contributed by atoms with Crippen LogP contribution < -0.4 is 4.90 Å². The molecule has 22 heavy (non-hydrogen) atoms. The summed E-state index contributed by atoms with van der Waals surface area (Å²) in [5, 5.41) is 2.04. The highest BCUT2D eigenvalue weighted by Gasteiger charge is 2.26. The van der Waals surface area contributed by atoms with E-state index >= 15 is 0 Å². The van der Waals surface area contributed by atoms with Gasteiger partial charge in [0.2, 0.25) is 0 Å². The second-order valence-electron chi connectivity index (χ2n) is 5.25. The maximum absolute atomic E-state index is 11.8. The molecule has 2 aromatic heterocycles. The molecule has 3 heterocycles. The molecule has 116 valence electrons. The molecule has 0 aromatic carbocycles. The molecule has 1 aliphatic heterocycles. The fourth-order valence-electron chi connectivity index (χ4n) is 2.68. The predicted molar refractivity (Wildman–Crippen MR) is 86.9 cm³/mol. The summed E-state index contributed by atoms with van der Waals surface area (Å²) in [7, 11) is 0. The van der Waals surface area contributed by atoms with Gasteiger partial charge in [-0.15, -0.1) is 11.3 Å². The van der Waals surface area contributed by atoms with Crippen LogP contribution in [0.25, 0.3) is 10.6 Å². The monoisotopic (exact) mass is 317 g/mol. The standard InChI is InChI=1S/C16H19N3O2S/c1-2-21-16(20)12-5-7-19(8-6-12)15-10-13(17-11-18-15)14-4-3-9-22-14/h3-4,9-12H,2,5-8H2,1H3. The van der Waals surface area contributed by atoms with Crippen LogP contribution in [0, 0.1) is 5.92 Å². The highest BCUT2D eigenvalue weighted by Crippen LogP contribution is 2.27. The van der Waals surface area contributed by atoms with E-state index < -0.39 is 0 Å². The Morgan fingerprint density at radius 3 is 2.91 bits per heavy atom. The normalized spacial score (nSPS) is 15.8. The molecule has 0 amide bonds. The van der Waals surface area contributed by atoms with Crippen molar-refractivity contribution in [1.82, 2.24) is 9.97 Å². The largest absolute Gasteiger partial charge is 0.466 e. The van der Waals surface area contributed by atoms with E-state index in [1.54, 1.807) is 17.7 Å². The van der Waals surface area contributed by atoms with Gasteiger partial charge in [-0.05, 0) is 31.2 Å². The van der Waals surface area contributed by atoms with Gasteiger partial charge in [-0.2, -0.15) is 0 Å². The van der Waals surface area contributed by atoms with Crippen LogP contribution in [0.3, 0.4) is 0 Å². The Kier molecular flexibility index (Phi) is 4.68. The number of rotatable bonds is 4. The van der Waals surface area contributed by atoms with Crippen LogP contribution in [0.2, 0.25) is 0 Å². The average molecular weight is 317 g/mol. The van der Waals surface area contributed by atoms with Gasteiger partial charge in [0.25, 0.3) is 0 Å². The van der Waals surface area contributed by atoms with Gasteiger partial charge in [-0.1, -0.05) is 6.07 Å². The molecule has 1 aliphatic rings. The van der Waals surface area contributed by atoms with Crippen molar-refractivity contribution < 1.29 is 9.53 Å². The van der Waals surface area contributed by atoms with Gasteiger partial charge >= 0.3 is 5.97 Å². The Morgan fingerprint density at radius 1 is 1.41 bits per heavy atom. The van der Waals surface area contributed by atoms with Gasteiger partial charge in [-0.3, -0.25) is 4.79 Å². The third-order valence-electron chi connectivity index (χ3n) is 3.87. The molecule has 2 aromatic rings. The molecule has 5 nitrogen and oxygen atoms in total. The molecule has 3 rings (SSSR count). The van der Waals surface area contributed by atoms with E-state index in [9.17, 15) is 4.79 Å². The summed E-state index contributed by atoms with van der Waals surface area (Å²) in [4.78, 5) is 23.9. The maximum Gasteiger partial charge on any atom is 0.309 e. The Labute approximate surface area is 134 Å². The molecule has 1 fully saturated rings. The van der Waals surface area contributed by atoms with Crippen LogP contribution >= 0.6 is 11.3 Å². The van der Waals surface area contributed by atoms with Crippen LogP contribution in [-0.4, -0.2) is 35.6 Å². The highest BCUT2D eigenvalue weighted by atomic mass is 32.1. The van der Waals surface area contributed by atoms with Gasteiger partial charge < -0.3 is 9.64 Å². The van der Waals surface area contributed by atoms with Crippen LogP contribution in [-0.2, 0) is 9.53 Å². The maximum atomic E-state index is 11.8. The number of anilines is 1. The van der Waals surface area contributed by atoms with E-state index in [4.69, 9.17) is 4.74 Å². The zero-order valence-corrected chi connectivity index (χ0v) is 13.4. The SMILES string of the molecule is CCOC(=O)C1CCN(c2cc(-c3cccs3)ncn2)CC1. The van der Waals surface area contributed by atoms with Crippen molar-refractivity contribution in [3.8, 4) is 10.6 Å². The third kappa shape index (κ3) is 3.27. The van der Waals surface area contributed by atoms with Crippen molar-refractivity contribution in [3.63, 3.8) is 0 Å². The summed E-state index contributed by atoms with van der Waals surface area (Å²) < 4.78 is 5.11. The van der Waals surface area contributed by atoms with Crippen LogP contribution in [0.4, 0.5) is 5.82 Å². The summed E-state index contributed by atoms with van der Waals surface area (Å²) in [6, 6.07) is 6.10. The zero-order chi connectivity index (χ0) is 15.4. The Balaban J connectivity index is 1.66. The number of hydrogen-bond donors (Lipinski definition) is 0. The smallest absolute Gasteiger partial charge is 0.309 e. The summed E-state index contributed by atoms with van der Waals surface area (Å²) in [5.41, 5.74) is 0.951. The fraction of sp³-hybridized carbons (Fsp3) is 0.438. The van der Waals surface area contributed by atoms with Crippen molar-refractivity contribution in [3.05, 3.63) is 29.9 Å². The molecule has 0 atom stereocenters. The molecule has 0 aliphatic carbocycles. The number of carbonyl (C=O) groups excluding carboxylic acids is 1. The number of nitrogens with zero attached hydrogens (tertiary/aromatic N) is 3. The number of piperidine rings is 1. The molecule has 0 unspecified atom stereocenters. The Hall–Kier alpha value is -1.95. The van der Waals surface area contributed by atoms with Gasteiger partial charge in [0.15, 0.2) is 0 Å². The summed E-state index contributed by atoms with van der Waals surface area (Å²) in [6.45, 7) is 3.95. The molecular formula is C16H19N3O2S. The van der Waals surface area contributed by atoms with Crippen molar-refractivity contribution in [2.75, 3.05) is 24.6 Å². The predicted octanol–water partition coefficient (Wildman–Crippen LogP) is 2.98. The van der Waals surface area contributed by atoms with Crippen molar-refractivity contribution in [2.45, 2.75) is 19.8 Å². The van der Waals surface area contributed by atoms with Crippen molar-refractivity contribution in [1.29, 1.82) is 0 Å². The van der Waals surface area contributed by atoms with Crippen molar-refractivity contribution in [2.24, 2.45) is 5.92 Å². The molecular weight excluding hydrogens is 298 g/mol. The van der Waals surface area contributed by atoms with Gasteiger partial charge in [0.05, 0.1) is 23.1 Å². The minimum absolute atomic E-state index is 0.0230. The van der Waals surface area contributed by atoms with Crippen LogP contribution in [0.1, 0.15) is 19.8 Å². The lowest BCUT2D eigenvalue weighted by atomic mass is 9.97. The molecule has 0 saturated carbocycles. The average Bonchev–Trinajstić information content (AvgIpc) is 3.10.